The van der Waals surface area contributed by atoms with Gasteiger partial charge in [0.25, 0.3) is 0 Å². The fourth-order valence-electron chi connectivity index (χ4n) is 2.72. The maximum absolute atomic E-state index is 12.6. The third-order valence-electron chi connectivity index (χ3n) is 4.23. The summed E-state index contributed by atoms with van der Waals surface area (Å²) in [7, 11) is -2.40. The molecule has 0 aliphatic rings. The summed E-state index contributed by atoms with van der Waals surface area (Å²) in [5, 5.41) is 1.83. The van der Waals surface area contributed by atoms with Crippen LogP contribution in [0.15, 0.2) is 115 Å². The summed E-state index contributed by atoms with van der Waals surface area (Å²) < 4.78 is 12.6. The van der Waals surface area contributed by atoms with Gasteiger partial charge in [-0.2, -0.15) is 0 Å². The molecule has 0 aliphatic carbocycles. The second-order valence-corrected chi connectivity index (χ2v) is 9.06. The van der Waals surface area contributed by atoms with Crippen LogP contribution in [0.1, 0.15) is 0 Å². The Balaban J connectivity index is 0.000000159. The highest BCUT2D eigenvalue weighted by molar-refractivity contribution is 7.78. The van der Waals surface area contributed by atoms with Gasteiger partial charge in [-0.05, 0) is 18.8 Å². The lowest BCUT2D eigenvalue weighted by molar-refractivity contribution is 0.590. The SMILES string of the molecule is CP(=O)(c1ccccc1)c1ccccc1.c1ccc(-c2ccccn2)cc1. The van der Waals surface area contributed by atoms with E-state index in [4.69, 9.17) is 0 Å². The van der Waals surface area contributed by atoms with Crippen molar-refractivity contribution < 1.29 is 4.57 Å². The number of rotatable bonds is 3. The maximum atomic E-state index is 12.6. The van der Waals surface area contributed by atoms with Gasteiger partial charge in [-0.15, -0.1) is 0 Å². The van der Waals surface area contributed by atoms with Crippen molar-refractivity contribution in [3.8, 4) is 11.3 Å². The van der Waals surface area contributed by atoms with E-state index < -0.39 is 7.14 Å². The number of nitrogens with zero attached hydrogens (tertiary/aromatic N) is 1. The van der Waals surface area contributed by atoms with E-state index in [1.165, 1.54) is 0 Å². The van der Waals surface area contributed by atoms with Crippen LogP contribution in [-0.4, -0.2) is 11.6 Å². The summed E-state index contributed by atoms with van der Waals surface area (Å²) in [5.41, 5.74) is 2.19. The predicted molar refractivity (Wildman–Crippen MR) is 115 cm³/mol. The van der Waals surface area contributed by atoms with Crippen LogP contribution in [0, 0.1) is 0 Å². The molecule has 2 nitrogen and oxygen atoms in total. The first-order valence-electron chi connectivity index (χ1n) is 8.83. The van der Waals surface area contributed by atoms with Gasteiger partial charge in [0.2, 0.25) is 0 Å². The number of hydrogen-bond acceptors (Lipinski definition) is 2. The highest BCUT2D eigenvalue weighted by atomic mass is 31.2. The molecule has 0 unspecified atom stereocenters. The molecule has 3 aromatic carbocycles. The van der Waals surface area contributed by atoms with E-state index in [2.05, 4.69) is 17.1 Å². The minimum atomic E-state index is -2.40. The molecule has 0 saturated carbocycles. The molecule has 0 bridgehead atoms. The van der Waals surface area contributed by atoms with Gasteiger partial charge in [-0.25, -0.2) is 0 Å². The molecule has 0 saturated heterocycles. The molecule has 4 rings (SSSR count). The van der Waals surface area contributed by atoms with Gasteiger partial charge in [0, 0.05) is 22.4 Å². The normalized spacial score (nSPS) is 10.6. The molecule has 27 heavy (non-hydrogen) atoms. The first-order chi connectivity index (χ1) is 13.2. The molecule has 3 heteroatoms. The zero-order chi connectivity index (χ0) is 19.0. The van der Waals surface area contributed by atoms with Crippen molar-refractivity contribution in [3.05, 3.63) is 115 Å². The van der Waals surface area contributed by atoms with Gasteiger partial charge in [0.1, 0.15) is 7.14 Å². The topological polar surface area (TPSA) is 30.0 Å². The minimum absolute atomic E-state index is 0.913. The monoisotopic (exact) mass is 371 g/mol. The zero-order valence-corrected chi connectivity index (χ0v) is 16.2. The smallest absolute Gasteiger partial charge is 0.140 e. The van der Waals surface area contributed by atoms with E-state index in [0.717, 1.165) is 21.9 Å². The number of pyridine rings is 1. The van der Waals surface area contributed by atoms with Crippen molar-refractivity contribution in [3.63, 3.8) is 0 Å². The van der Waals surface area contributed by atoms with E-state index in [1.54, 1.807) is 0 Å². The van der Waals surface area contributed by atoms with Crippen LogP contribution in [0.25, 0.3) is 11.3 Å². The Morgan fingerprint density at radius 1 is 0.593 bits per heavy atom. The van der Waals surface area contributed by atoms with Crippen LogP contribution in [0.5, 0.6) is 0 Å². The average Bonchev–Trinajstić information content (AvgIpc) is 2.77. The summed E-state index contributed by atoms with van der Waals surface area (Å²) in [4.78, 5) is 4.25. The van der Waals surface area contributed by atoms with Crippen molar-refractivity contribution in [1.82, 2.24) is 4.98 Å². The third-order valence-corrected chi connectivity index (χ3v) is 6.80. The Bertz CT molecular complexity index is 906. The van der Waals surface area contributed by atoms with Crippen LogP contribution < -0.4 is 10.6 Å². The molecular formula is C24H22NOP. The van der Waals surface area contributed by atoms with Gasteiger partial charge < -0.3 is 4.57 Å². The first kappa shape index (κ1) is 18.8. The van der Waals surface area contributed by atoms with E-state index in [1.807, 2.05) is 110 Å². The minimum Gasteiger partial charge on any atom is -0.314 e. The molecule has 0 fully saturated rings. The highest BCUT2D eigenvalue weighted by Crippen LogP contribution is 2.38. The highest BCUT2D eigenvalue weighted by Gasteiger charge is 2.19. The van der Waals surface area contributed by atoms with E-state index in [9.17, 15) is 4.57 Å². The number of aromatic nitrogens is 1. The van der Waals surface area contributed by atoms with Crippen molar-refractivity contribution in [1.29, 1.82) is 0 Å². The Kier molecular flexibility index (Phi) is 6.35. The van der Waals surface area contributed by atoms with Crippen molar-refractivity contribution in [2.75, 3.05) is 6.66 Å². The Hall–Kier alpha value is -2.96. The summed E-state index contributed by atoms with van der Waals surface area (Å²) in [6.07, 6.45) is 1.81. The molecule has 0 atom stereocenters. The largest absolute Gasteiger partial charge is 0.314 e. The van der Waals surface area contributed by atoms with Gasteiger partial charge in [0.15, 0.2) is 0 Å². The average molecular weight is 371 g/mol. The van der Waals surface area contributed by atoms with Gasteiger partial charge in [-0.1, -0.05) is 97.1 Å². The fourth-order valence-corrected chi connectivity index (χ4v) is 4.50. The quantitative estimate of drug-likeness (QED) is 0.453. The molecule has 0 amide bonds. The molecule has 134 valence electrons. The molecule has 0 aliphatic heterocycles. The lowest BCUT2D eigenvalue weighted by Gasteiger charge is -2.13. The Labute approximate surface area is 160 Å². The second-order valence-electron chi connectivity index (χ2n) is 6.18. The molecule has 4 aromatic rings. The van der Waals surface area contributed by atoms with Crippen molar-refractivity contribution >= 4 is 17.8 Å². The van der Waals surface area contributed by atoms with E-state index >= 15 is 0 Å². The van der Waals surface area contributed by atoms with Crippen LogP contribution in [0.4, 0.5) is 0 Å². The van der Waals surface area contributed by atoms with E-state index in [0.29, 0.717) is 0 Å². The lowest BCUT2D eigenvalue weighted by Crippen LogP contribution is -2.14. The Morgan fingerprint density at radius 2 is 1.04 bits per heavy atom. The van der Waals surface area contributed by atoms with Crippen LogP contribution >= 0.6 is 7.14 Å². The molecule has 0 spiro atoms. The number of benzene rings is 3. The summed E-state index contributed by atoms with van der Waals surface area (Å²) in [6, 6.07) is 35.4. The fraction of sp³-hybridized carbons (Fsp3) is 0.0417. The van der Waals surface area contributed by atoms with Gasteiger partial charge >= 0.3 is 0 Å². The molecular weight excluding hydrogens is 349 g/mol. The number of hydrogen-bond donors (Lipinski definition) is 0. The van der Waals surface area contributed by atoms with Crippen molar-refractivity contribution in [2.45, 2.75) is 0 Å². The standard InChI is InChI=1S/C13H13OP.C11H9N/c1-15(14,12-8-4-2-5-9-12)13-10-6-3-7-11-13;1-2-6-10(7-3-1)11-8-4-5-9-12-11/h2-11H,1H3;1-9H. The summed E-state index contributed by atoms with van der Waals surface area (Å²) >= 11 is 0. The zero-order valence-electron chi connectivity index (χ0n) is 15.3. The van der Waals surface area contributed by atoms with Gasteiger partial charge in [0.05, 0.1) is 5.69 Å². The summed E-state index contributed by atoms with van der Waals surface area (Å²) in [6.45, 7) is 1.82. The van der Waals surface area contributed by atoms with Crippen molar-refractivity contribution in [2.24, 2.45) is 0 Å². The van der Waals surface area contributed by atoms with Crippen LogP contribution in [-0.2, 0) is 4.57 Å². The summed E-state index contributed by atoms with van der Waals surface area (Å²) in [5.74, 6) is 0. The Morgan fingerprint density at radius 3 is 1.48 bits per heavy atom. The van der Waals surface area contributed by atoms with Gasteiger partial charge in [-0.3, -0.25) is 4.98 Å². The van der Waals surface area contributed by atoms with Crippen LogP contribution in [0.2, 0.25) is 0 Å². The first-order valence-corrected chi connectivity index (χ1v) is 11.0. The van der Waals surface area contributed by atoms with Crippen LogP contribution in [0.3, 0.4) is 0 Å². The van der Waals surface area contributed by atoms with E-state index in [-0.39, 0.29) is 0 Å². The second kappa shape index (κ2) is 9.12. The lowest BCUT2D eigenvalue weighted by atomic mass is 10.1. The molecule has 0 radical (unpaired) electrons. The molecule has 1 aromatic heterocycles. The third kappa shape index (κ3) is 5.03. The molecule has 0 N–H and O–H groups in total. The predicted octanol–water partition coefficient (Wildman–Crippen LogP) is 5.38. The maximum Gasteiger partial charge on any atom is 0.140 e. The molecule has 1 heterocycles.